The molecule has 0 spiro atoms. The molecular formula is C10H11FN4. The van der Waals surface area contributed by atoms with Gasteiger partial charge in [-0.3, -0.25) is 0 Å². The largest absolute Gasteiger partial charge is 0.353 e. The van der Waals surface area contributed by atoms with Gasteiger partial charge in [-0.1, -0.05) is 0 Å². The van der Waals surface area contributed by atoms with Crippen LogP contribution in [-0.2, 0) is 0 Å². The van der Waals surface area contributed by atoms with E-state index in [0.29, 0.717) is 18.9 Å². The number of hydrogen-bond acceptors (Lipinski definition) is 4. The van der Waals surface area contributed by atoms with Gasteiger partial charge in [0.1, 0.15) is 0 Å². The minimum Gasteiger partial charge on any atom is -0.353 e. The summed E-state index contributed by atoms with van der Waals surface area (Å²) >= 11 is 0. The number of halogens is 1. The van der Waals surface area contributed by atoms with Crippen molar-refractivity contribution in [3.05, 3.63) is 18.3 Å². The summed E-state index contributed by atoms with van der Waals surface area (Å²) in [5.74, 6) is -0.136. The van der Waals surface area contributed by atoms with E-state index in [2.05, 4.69) is 16.0 Å². The molecule has 0 unspecified atom stereocenters. The van der Waals surface area contributed by atoms with Crippen molar-refractivity contribution in [2.45, 2.75) is 12.8 Å². The molecule has 15 heavy (non-hydrogen) atoms. The highest BCUT2D eigenvalue weighted by molar-refractivity contribution is 5.37. The van der Waals surface area contributed by atoms with Crippen LogP contribution in [0.4, 0.5) is 10.2 Å². The first-order valence-electron chi connectivity index (χ1n) is 4.92. The van der Waals surface area contributed by atoms with E-state index in [9.17, 15) is 4.39 Å². The lowest BCUT2D eigenvalue weighted by atomic mass is 9.99. The van der Waals surface area contributed by atoms with Gasteiger partial charge in [0.25, 0.3) is 5.95 Å². The SMILES string of the molecule is N#CC1CCN(c2nccnc2F)CC1. The molecule has 0 N–H and O–H groups in total. The van der Waals surface area contributed by atoms with Crippen molar-refractivity contribution in [1.29, 1.82) is 5.26 Å². The molecular weight excluding hydrogens is 195 g/mol. The molecule has 1 aromatic rings. The number of hydrogen-bond donors (Lipinski definition) is 0. The topological polar surface area (TPSA) is 52.8 Å². The Labute approximate surface area is 87.4 Å². The van der Waals surface area contributed by atoms with Crippen molar-refractivity contribution >= 4 is 5.82 Å². The zero-order valence-electron chi connectivity index (χ0n) is 8.23. The quantitative estimate of drug-likeness (QED) is 0.696. The van der Waals surface area contributed by atoms with Crippen molar-refractivity contribution < 1.29 is 4.39 Å². The second-order valence-corrected chi connectivity index (χ2v) is 3.56. The van der Waals surface area contributed by atoms with Crippen LogP contribution in [0.15, 0.2) is 12.4 Å². The second kappa shape index (κ2) is 4.22. The normalized spacial score (nSPS) is 17.5. The summed E-state index contributed by atoms with van der Waals surface area (Å²) in [5.41, 5.74) is 0. The van der Waals surface area contributed by atoms with E-state index >= 15 is 0 Å². The van der Waals surface area contributed by atoms with E-state index < -0.39 is 5.95 Å². The molecule has 1 aromatic heterocycles. The van der Waals surface area contributed by atoms with Gasteiger partial charge < -0.3 is 4.90 Å². The van der Waals surface area contributed by atoms with Crippen LogP contribution in [-0.4, -0.2) is 23.1 Å². The molecule has 0 atom stereocenters. The van der Waals surface area contributed by atoms with Crippen molar-refractivity contribution in [1.82, 2.24) is 9.97 Å². The van der Waals surface area contributed by atoms with E-state index in [-0.39, 0.29) is 5.92 Å². The molecule has 5 heteroatoms. The first-order chi connectivity index (χ1) is 7.31. The molecule has 2 rings (SSSR count). The molecule has 0 bridgehead atoms. The van der Waals surface area contributed by atoms with Gasteiger partial charge in [-0.15, -0.1) is 0 Å². The Morgan fingerprint density at radius 1 is 1.33 bits per heavy atom. The molecule has 1 fully saturated rings. The minimum atomic E-state index is -0.534. The van der Waals surface area contributed by atoms with Crippen LogP contribution in [0.3, 0.4) is 0 Å². The van der Waals surface area contributed by atoms with Gasteiger partial charge in [0.05, 0.1) is 6.07 Å². The molecule has 0 aromatic carbocycles. The maximum Gasteiger partial charge on any atom is 0.255 e. The van der Waals surface area contributed by atoms with Gasteiger partial charge in [-0.25, -0.2) is 9.97 Å². The highest BCUT2D eigenvalue weighted by atomic mass is 19.1. The standard InChI is InChI=1S/C10H11FN4/c11-9-10(14-4-3-13-9)15-5-1-8(7-12)2-6-15/h3-4,8H,1-2,5-6H2. The Balaban J connectivity index is 2.08. The fourth-order valence-electron chi connectivity index (χ4n) is 1.75. The zero-order valence-corrected chi connectivity index (χ0v) is 8.23. The highest BCUT2D eigenvalue weighted by Gasteiger charge is 2.21. The first-order valence-corrected chi connectivity index (χ1v) is 4.92. The molecule has 0 aliphatic carbocycles. The average molecular weight is 206 g/mol. The lowest BCUT2D eigenvalue weighted by molar-refractivity contribution is 0.473. The Hall–Kier alpha value is -1.70. The third-order valence-electron chi connectivity index (χ3n) is 2.61. The molecule has 0 amide bonds. The second-order valence-electron chi connectivity index (χ2n) is 3.56. The number of nitriles is 1. The molecule has 1 aliphatic heterocycles. The molecule has 1 saturated heterocycles. The van der Waals surface area contributed by atoms with Crippen molar-refractivity contribution in [2.75, 3.05) is 18.0 Å². The van der Waals surface area contributed by atoms with Crippen LogP contribution in [0.1, 0.15) is 12.8 Å². The maximum absolute atomic E-state index is 13.3. The van der Waals surface area contributed by atoms with E-state index in [1.54, 1.807) is 0 Å². The van der Waals surface area contributed by atoms with E-state index in [1.165, 1.54) is 12.4 Å². The maximum atomic E-state index is 13.3. The Kier molecular flexibility index (Phi) is 2.77. The van der Waals surface area contributed by atoms with E-state index in [0.717, 1.165) is 12.8 Å². The van der Waals surface area contributed by atoms with Gasteiger partial charge >= 0.3 is 0 Å². The number of rotatable bonds is 1. The predicted octanol–water partition coefficient (Wildman–Crippen LogP) is 1.36. The molecule has 4 nitrogen and oxygen atoms in total. The van der Waals surface area contributed by atoms with E-state index in [4.69, 9.17) is 5.26 Å². The van der Waals surface area contributed by atoms with Crippen molar-refractivity contribution in [2.24, 2.45) is 5.92 Å². The number of nitrogens with zero attached hydrogens (tertiary/aromatic N) is 4. The summed E-state index contributed by atoms with van der Waals surface area (Å²) in [7, 11) is 0. The van der Waals surface area contributed by atoms with Gasteiger partial charge in [0, 0.05) is 31.4 Å². The fraction of sp³-hybridized carbons (Fsp3) is 0.500. The summed E-state index contributed by atoms with van der Waals surface area (Å²) in [6.45, 7) is 1.35. The average Bonchev–Trinajstić information content (AvgIpc) is 2.30. The lowest BCUT2D eigenvalue weighted by Crippen LogP contribution is -2.34. The zero-order chi connectivity index (χ0) is 10.7. The fourth-order valence-corrected chi connectivity index (χ4v) is 1.75. The Bertz CT molecular complexity index is 379. The van der Waals surface area contributed by atoms with Crippen LogP contribution in [0.5, 0.6) is 0 Å². The number of aromatic nitrogens is 2. The smallest absolute Gasteiger partial charge is 0.255 e. The molecule has 78 valence electrons. The van der Waals surface area contributed by atoms with Gasteiger partial charge in [-0.05, 0) is 12.8 Å². The summed E-state index contributed by atoms with van der Waals surface area (Å²) in [5, 5.41) is 8.73. The van der Waals surface area contributed by atoms with Gasteiger partial charge in [-0.2, -0.15) is 9.65 Å². The lowest BCUT2D eigenvalue weighted by Gasteiger charge is -2.29. The van der Waals surface area contributed by atoms with Crippen molar-refractivity contribution in [3.63, 3.8) is 0 Å². The van der Waals surface area contributed by atoms with Gasteiger partial charge in [0.2, 0.25) is 0 Å². The van der Waals surface area contributed by atoms with Crippen LogP contribution < -0.4 is 4.90 Å². The van der Waals surface area contributed by atoms with Crippen LogP contribution >= 0.6 is 0 Å². The third-order valence-corrected chi connectivity index (χ3v) is 2.61. The monoisotopic (exact) mass is 206 g/mol. The van der Waals surface area contributed by atoms with Crippen LogP contribution in [0.25, 0.3) is 0 Å². The Morgan fingerprint density at radius 3 is 2.60 bits per heavy atom. The minimum absolute atomic E-state index is 0.0981. The molecule has 2 heterocycles. The van der Waals surface area contributed by atoms with Crippen LogP contribution in [0.2, 0.25) is 0 Å². The number of anilines is 1. The van der Waals surface area contributed by atoms with Crippen LogP contribution in [0, 0.1) is 23.2 Å². The molecule has 0 radical (unpaired) electrons. The van der Waals surface area contributed by atoms with E-state index in [1.807, 2.05) is 4.90 Å². The first kappa shape index (κ1) is 9.84. The van der Waals surface area contributed by atoms with Gasteiger partial charge in [0.15, 0.2) is 5.82 Å². The summed E-state index contributed by atoms with van der Waals surface area (Å²) < 4.78 is 13.3. The predicted molar refractivity (Wildman–Crippen MR) is 52.5 cm³/mol. The summed E-state index contributed by atoms with van der Waals surface area (Å²) in [6, 6.07) is 2.23. The van der Waals surface area contributed by atoms with Crippen molar-refractivity contribution in [3.8, 4) is 6.07 Å². The summed E-state index contributed by atoms with van der Waals surface area (Å²) in [6.07, 6.45) is 4.36. The summed E-state index contributed by atoms with van der Waals surface area (Å²) in [4.78, 5) is 9.36. The number of piperidine rings is 1. The highest BCUT2D eigenvalue weighted by Crippen LogP contribution is 2.21. The third kappa shape index (κ3) is 2.04. The Morgan fingerprint density at radius 2 is 2.00 bits per heavy atom. The molecule has 1 aliphatic rings. The molecule has 0 saturated carbocycles.